The smallest absolute Gasteiger partial charge is 0.264 e. The van der Waals surface area contributed by atoms with Crippen LogP contribution in [0.25, 0.3) is 17.0 Å². The van der Waals surface area contributed by atoms with E-state index in [1.54, 1.807) is 24.4 Å². The molecule has 2 N–H and O–H groups in total. The molecule has 34 heavy (non-hydrogen) atoms. The van der Waals surface area contributed by atoms with Gasteiger partial charge < -0.3 is 10.6 Å². The van der Waals surface area contributed by atoms with Gasteiger partial charge in [-0.1, -0.05) is 36.6 Å². The third-order valence-electron chi connectivity index (χ3n) is 5.98. The Morgan fingerprint density at radius 3 is 2.91 bits per heavy atom. The van der Waals surface area contributed by atoms with Crippen molar-refractivity contribution in [1.82, 2.24) is 10.3 Å². The lowest BCUT2D eigenvalue weighted by molar-refractivity contribution is -0.117. The molecule has 8 heteroatoms. The SMILES string of the molecule is O=C(CC1CCCC1)Nc1ccc(Cl)c(N=C2NC(=O)C(=Cc3ccc4ncccc4c3)S2)c1. The van der Waals surface area contributed by atoms with Gasteiger partial charge in [-0.2, -0.15) is 0 Å². The van der Waals surface area contributed by atoms with Crippen molar-refractivity contribution < 1.29 is 9.59 Å². The molecule has 5 rings (SSSR count). The maximum atomic E-state index is 12.5. The molecule has 0 bridgehead atoms. The van der Waals surface area contributed by atoms with Gasteiger partial charge in [0.1, 0.15) is 0 Å². The fourth-order valence-electron chi connectivity index (χ4n) is 4.29. The summed E-state index contributed by atoms with van der Waals surface area (Å²) in [5.74, 6) is 0.264. The van der Waals surface area contributed by atoms with Gasteiger partial charge in [-0.3, -0.25) is 14.6 Å². The number of fused-ring (bicyclic) bond motifs is 1. The lowest BCUT2D eigenvalue weighted by Gasteiger charge is -2.10. The molecular weight excluding hydrogens is 468 g/mol. The molecule has 0 atom stereocenters. The van der Waals surface area contributed by atoms with E-state index in [0.29, 0.717) is 38.8 Å². The number of hydrogen-bond donors (Lipinski definition) is 2. The van der Waals surface area contributed by atoms with Crippen molar-refractivity contribution in [3.63, 3.8) is 0 Å². The number of carbonyl (C=O) groups is 2. The van der Waals surface area contributed by atoms with Gasteiger partial charge in [-0.15, -0.1) is 0 Å². The predicted molar refractivity (Wildman–Crippen MR) is 139 cm³/mol. The van der Waals surface area contributed by atoms with E-state index < -0.39 is 0 Å². The van der Waals surface area contributed by atoms with Crippen molar-refractivity contribution in [2.45, 2.75) is 32.1 Å². The highest BCUT2D eigenvalue weighted by atomic mass is 35.5. The van der Waals surface area contributed by atoms with Crippen LogP contribution in [-0.2, 0) is 9.59 Å². The van der Waals surface area contributed by atoms with Gasteiger partial charge in [-0.05, 0) is 78.6 Å². The van der Waals surface area contributed by atoms with Crippen LogP contribution in [0.3, 0.4) is 0 Å². The molecule has 6 nitrogen and oxygen atoms in total. The van der Waals surface area contributed by atoms with Gasteiger partial charge in [0.05, 0.1) is 21.1 Å². The van der Waals surface area contributed by atoms with E-state index in [1.165, 1.54) is 24.6 Å². The highest BCUT2D eigenvalue weighted by molar-refractivity contribution is 8.18. The number of nitrogens with one attached hydrogen (secondary N) is 2. The first kappa shape index (κ1) is 22.6. The first-order valence-corrected chi connectivity index (χ1v) is 12.5. The third-order valence-corrected chi connectivity index (χ3v) is 7.21. The van der Waals surface area contributed by atoms with E-state index >= 15 is 0 Å². The second kappa shape index (κ2) is 9.99. The van der Waals surface area contributed by atoms with Gasteiger partial charge in [0, 0.05) is 23.7 Å². The minimum absolute atomic E-state index is 0.00664. The first-order valence-electron chi connectivity index (χ1n) is 11.3. The number of amides is 2. The highest BCUT2D eigenvalue weighted by Gasteiger charge is 2.24. The molecule has 2 aliphatic rings. The maximum Gasteiger partial charge on any atom is 0.264 e. The fourth-order valence-corrected chi connectivity index (χ4v) is 5.28. The fraction of sp³-hybridized carbons (Fsp3) is 0.231. The highest BCUT2D eigenvalue weighted by Crippen LogP contribution is 2.33. The molecule has 1 saturated carbocycles. The Balaban J connectivity index is 1.31. The number of hydrogen-bond acceptors (Lipinski definition) is 5. The number of halogens is 1. The van der Waals surface area contributed by atoms with Gasteiger partial charge in [0.15, 0.2) is 5.17 Å². The molecular formula is C26H23ClN4O2S. The van der Waals surface area contributed by atoms with E-state index in [0.717, 1.165) is 29.3 Å². The summed E-state index contributed by atoms with van der Waals surface area (Å²) in [6, 6.07) is 14.9. The van der Waals surface area contributed by atoms with Crippen LogP contribution in [0.1, 0.15) is 37.7 Å². The summed E-state index contributed by atoms with van der Waals surface area (Å²) in [7, 11) is 0. The number of amidine groups is 1. The number of aliphatic imine (C=N–C) groups is 1. The van der Waals surface area contributed by atoms with Gasteiger partial charge in [0.2, 0.25) is 5.91 Å². The van der Waals surface area contributed by atoms with Gasteiger partial charge in [0.25, 0.3) is 5.91 Å². The number of aromatic nitrogens is 1. The van der Waals surface area contributed by atoms with Gasteiger partial charge in [-0.25, -0.2) is 4.99 Å². The molecule has 2 amide bonds. The van der Waals surface area contributed by atoms with E-state index in [9.17, 15) is 9.59 Å². The summed E-state index contributed by atoms with van der Waals surface area (Å²) in [6.07, 6.45) is 8.78. The Kier molecular flexibility index (Phi) is 6.65. The minimum Gasteiger partial charge on any atom is -0.326 e. The Morgan fingerprint density at radius 2 is 2.06 bits per heavy atom. The minimum atomic E-state index is -0.216. The lowest BCUT2D eigenvalue weighted by Crippen LogP contribution is -2.19. The number of benzene rings is 2. The van der Waals surface area contributed by atoms with Crippen LogP contribution in [-0.4, -0.2) is 22.0 Å². The summed E-state index contributed by atoms with van der Waals surface area (Å²) < 4.78 is 0. The Morgan fingerprint density at radius 1 is 1.21 bits per heavy atom. The van der Waals surface area contributed by atoms with E-state index in [4.69, 9.17) is 11.6 Å². The molecule has 2 aromatic carbocycles. The largest absolute Gasteiger partial charge is 0.326 e. The quantitative estimate of drug-likeness (QED) is 0.411. The standard InChI is InChI=1S/C26H23ClN4O2S/c27-20-9-8-19(29-24(32)14-16-4-1-2-5-16)15-22(20)30-26-31-25(33)23(34-26)13-17-7-10-21-18(12-17)6-3-11-28-21/h3,6-13,15-16H,1-2,4-5,14H2,(H,29,32)(H,30,31,33). The van der Waals surface area contributed by atoms with Crippen LogP contribution in [0.5, 0.6) is 0 Å². The van der Waals surface area contributed by atoms with Crippen LogP contribution >= 0.6 is 23.4 Å². The van der Waals surface area contributed by atoms with Crippen LogP contribution in [0, 0.1) is 5.92 Å². The van der Waals surface area contributed by atoms with Crippen LogP contribution in [0.15, 0.2) is 64.6 Å². The number of anilines is 1. The Hall–Kier alpha value is -3.16. The van der Waals surface area contributed by atoms with Crippen LogP contribution < -0.4 is 10.6 Å². The van der Waals surface area contributed by atoms with Crippen molar-refractivity contribution in [2.24, 2.45) is 10.9 Å². The van der Waals surface area contributed by atoms with E-state index in [1.807, 2.05) is 36.4 Å². The van der Waals surface area contributed by atoms with Crippen molar-refractivity contribution in [2.75, 3.05) is 5.32 Å². The molecule has 0 spiro atoms. The molecule has 3 aromatic rings. The molecule has 1 aliphatic heterocycles. The average Bonchev–Trinajstić information content (AvgIpc) is 3.45. The number of carbonyl (C=O) groups excluding carboxylic acids is 2. The Bertz CT molecular complexity index is 1330. The maximum absolute atomic E-state index is 12.5. The van der Waals surface area contributed by atoms with Gasteiger partial charge >= 0.3 is 0 Å². The Labute approximate surface area is 206 Å². The molecule has 172 valence electrons. The predicted octanol–water partition coefficient (Wildman–Crippen LogP) is 6.30. The second-order valence-corrected chi connectivity index (χ2v) is 9.94. The monoisotopic (exact) mass is 490 g/mol. The van der Waals surface area contributed by atoms with Crippen molar-refractivity contribution in [3.8, 4) is 0 Å². The van der Waals surface area contributed by atoms with Crippen LogP contribution in [0.2, 0.25) is 5.02 Å². The van der Waals surface area contributed by atoms with Crippen molar-refractivity contribution in [1.29, 1.82) is 0 Å². The summed E-state index contributed by atoms with van der Waals surface area (Å²) >= 11 is 7.60. The zero-order valence-electron chi connectivity index (χ0n) is 18.4. The molecule has 2 fully saturated rings. The molecule has 2 heterocycles. The average molecular weight is 491 g/mol. The topological polar surface area (TPSA) is 83.5 Å². The first-order chi connectivity index (χ1) is 16.5. The summed E-state index contributed by atoms with van der Waals surface area (Å²) in [5.41, 5.74) is 2.94. The van der Waals surface area contributed by atoms with Crippen molar-refractivity contribution in [3.05, 3.63) is 70.2 Å². The summed E-state index contributed by atoms with van der Waals surface area (Å²) in [6.45, 7) is 0. The normalized spacial score (nSPS) is 18.7. The number of rotatable bonds is 5. The molecule has 1 aliphatic carbocycles. The molecule has 0 unspecified atom stereocenters. The zero-order chi connectivity index (χ0) is 23.5. The van der Waals surface area contributed by atoms with Crippen molar-refractivity contribution >= 4 is 68.7 Å². The third kappa shape index (κ3) is 5.32. The molecule has 1 saturated heterocycles. The molecule has 1 aromatic heterocycles. The number of pyridine rings is 1. The summed E-state index contributed by atoms with van der Waals surface area (Å²) in [4.78, 5) is 34.3. The number of nitrogens with zero attached hydrogens (tertiary/aromatic N) is 2. The lowest BCUT2D eigenvalue weighted by atomic mass is 10.0. The number of thioether (sulfide) groups is 1. The molecule has 0 radical (unpaired) electrons. The van der Waals surface area contributed by atoms with E-state index in [2.05, 4.69) is 20.6 Å². The second-order valence-electron chi connectivity index (χ2n) is 8.51. The summed E-state index contributed by atoms with van der Waals surface area (Å²) in [5, 5.41) is 7.63. The van der Waals surface area contributed by atoms with Crippen LogP contribution in [0.4, 0.5) is 11.4 Å². The van der Waals surface area contributed by atoms with E-state index in [-0.39, 0.29) is 11.8 Å². The zero-order valence-corrected chi connectivity index (χ0v) is 20.0.